The van der Waals surface area contributed by atoms with Crippen LogP contribution in [0, 0.1) is 0 Å². The summed E-state index contributed by atoms with van der Waals surface area (Å²) in [4.78, 5) is 17.7. The molecule has 0 spiro atoms. The van der Waals surface area contributed by atoms with Gasteiger partial charge in [-0.15, -0.1) is 0 Å². The van der Waals surface area contributed by atoms with Crippen molar-refractivity contribution in [2.45, 2.75) is 26.1 Å². The van der Waals surface area contributed by atoms with Crippen molar-refractivity contribution in [1.82, 2.24) is 9.38 Å². The Kier molecular flexibility index (Phi) is 8.20. The highest BCUT2D eigenvalue weighted by atomic mass is 35.5. The number of halogens is 1. The second kappa shape index (κ2) is 11.4. The van der Waals surface area contributed by atoms with E-state index in [9.17, 15) is 4.79 Å². The van der Waals surface area contributed by atoms with E-state index in [-0.39, 0.29) is 12.4 Å². The molecule has 4 aromatic rings. The summed E-state index contributed by atoms with van der Waals surface area (Å²) in [6, 6.07) is 20.6. The van der Waals surface area contributed by atoms with Crippen molar-refractivity contribution >= 4 is 45.4 Å². The molecule has 10 heteroatoms. The predicted octanol–water partition coefficient (Wildman–Crippen LogP) is 5.66. The van der Waals surface area contributed by atoms with Gasteiger partial charge < -0.3 is 18.8 Å². The molecule has 0 saturated heterocycles. The summed E-state index contributed by atoms with van der Waals surface area (Å²) in [5.41, 5.74) is 2.60. The van der Waals surface area contributed by atoms with Crippen LogP contribution in [0.25, 0.3) is 17.0 Å². The number of aromatic nitrogens is 2. The van der Waals surface area contributed by atoms with Gasteiger partial charge in [0.2, 0.25) is 5.78 Å². The van der Waals surface area contributed by atoms with Gasteiger partial charge in [0, 0.05) is 18.0 Å². The maximum Gasteiger partial charge on any atom is 0.210 e. The van der Waals surface area contributed by atoms with Gasteiger partial charge in [0.15, 0.2) is 5.60 Å². The summed E-state index contributed by atoms with van der Waals surface area (Å²) in [5.74, 6) is 1.88. The number of benzene rings is 2. The number of carbonyl (C=O) groups excluding carboxylic acids is 1. The van der Waals surface area contributed by atoms with Gasteiger partial charge in [-0.3, -0.25) is 9.20 Å². The standard InChI is InChI=1S/C27H23ClN2O4.CH4O2S/c1-27(2)25(31)23(24(34-27)18-9-11-19(32-3)12-10-18)17-7-13-20(14-8-17)33-16-21-26(28)30-15-5-4-6-22(30)29-21;1-4(2)3/h4-15H,16H2,1-3H3;1H3,(H,2,3). The van der Waals surface area contributed by atoms with Crippen molar-refractivity contribution in [2.24, 2.45) is 0 Å². The Labute approximate surface area is 228 Å². The highest BCUT2D eigenvalue weighted by Crippen LogP contribution is 2.41. The van der Waals surface area contributed by atoms with Crippen LogP contribution in [0.3, 0.4) is 0 Å². The van der Waals surface area contributed by atoms with Crippen LogP contribution < -0.4 is 9.47 Å². The molecule has 0 amide bonds. The molecule has 0 aliphatic carbocycles. The van der Waals surface area contributed by atoms with E-state index in [1.54, 1.807) is 21.0 Å². The molecular weight excluding hydrogens is 528 g/mol. The van der Waals surface area contributed by atoms with Gasteiger partial charge in [-0.25, -0.2) is 9.19 Å². The molecule has 1 atom stereocenters. The average Bonchev–Trinajstić information content (AvgIpc) is 3.35. The first-order chi connectivity index (χ1) is 18.1. The third-order valence-electron chi connectivity index (χ3n) is 5.77. The summed E-state index contributed by atoms with van der Waals surface area (Å²) in [6.07, 6.45) is 3.05. The molecule has 8 nitrogen and oxygen atoms in total. The summed E-state index contributed by atoms with van der Waals surface area (Å²) in [5, 5.41) is 0.525. The van der Waals surface area contributed by atoms with Gasteiger partial charge in [-0.05, 0) is 67.9 Å². The smallest absolute Gasteiger partial charge is 0.210 e. The SMILES string of the molecule is COc1ccc(C2=C(c3ccc(OCc4nc5ccccn5c4Cl)cc3)C(=O)C(C)(C)O2)cc1.CS(=O)O. The normalized spacial score (nSPS) is 15.1. The fourth-order valence-corrected chi connectivity index (χ4v) is 4.18. The fourth-order valence-electron chi connectivity index (χ4n) is 3.94. The lowest BCUT2D eigenvalue weighted by Gasteiger charge is -2.17. The van der Waals surface area contributed by atoms with Gasteiger partial charge in [-0.1, -0.05) is 29.8 Å². The number of methoxy groups -OCH3 is 1. The number of carbonyl (C=O) groups is 1. The van der Waals surface area contributed by atoms with E-state index in [1.165, 1.54) is 6.26 Å². The largest absolute Gasteiger partial charge is 0.497 e. The molecule has 3 heterocycles. The fraction of sp³-hybridized carbons (Fsp3) is 0.214. The number of ketones is 1. The van der Waals surface area contributed by atoms with E-state index in [0.717, 1.165) is 22.5 Å². The maximum absolute atomic E-state index is 13.2. The molecule has 1 aliphatic heterocycles. The highest BCUT2D eigenvalue weighted by molar-refractivity contribution is 7.78. The van der Waals surface area contributed by atoms with Crippen LogP contribution in [0.5, 0.6) is 11.5 Å². The van der Waals surface area contributed by atoms with E-state index in [0.29, 0.717) is 27.9 Å². The zero-order valence-corrected chi connectivity index (χ0v) is 22.9. The molecule has 198 valence electrons. The number of pyridine rings is 1. The van der Waals surface area contributed by atoms with Crippen molar-refractivity contribution in [1.29, 1.82) is 0 Å². The molecule has 1 unspecified atom stereocenters. The van der Waals surface area contributed by atoms with E-state index in [4.69, 9.17) is 34.6 Å². The molecule has 0 fully saturated rings. The van der Waals surface area contributed by atoms with Crippen LogP contribution in [0.2, 0.25) is 5.15 Å². The summed E-state index contributed by atoms with van der Waals surface area (Å²) >= 11 is 4.81. The van der Waals surface area contributed by atoms with E-state index in [2.05, 4.69) is 4.98 Å². The Morgan fingerprint density at radius 2 is 1.63 bits per heavy atom. The van der Waals surface area contributed by atoms with Crippen molar-refractivity contribution < 1.29 is 27.8 Å². The quantitative estimate of drug-likeness (QED) is 0.307. The monoisotopic (exact) mass is 554 g/mol. The predicted molar refractivity (Wildman–Crippen MR) is 148 cm³/mol. The van der Waals surface area contributed by atoms with Gasteiger partial charge in [0.25, 0.3) is 0 Å². The first-order valence-corrected chi connectivity index (χ1v) is 13.5. The second-order valence-electron chi connectivity index (χ2n) is 8.89. The molecule has 1 aliphatic rings. The lowest BCUT2D eigenvalue weighted by atomic mass is 9.92. The number of hydrogen-bond acceptors (Lipinski definition) is 6. The second-order valence-corrected chi connectivity index (χ2v) is 10.1. The van der Waals surface area contributed by atoms with Crippen LogP contribution in [-0.2, 0) is 27.2 Å². The zero-order chi connectivity index (χ0) is 27.4. The lowest BCUT2D eigenvalue weighted by molar-refractivity contribution is -0.125. The third-order valence-corrected chi connectivity index (χ3v) is 6.17. The Bertz CT molecular complexity index is 1510. The Morgan fingerprint density at radius 1 is 1.03 bits per heavy atom. The molecule has 2 aromatic heterocycles. The molecule has 38 heavy (non-hydrogen) atoms. The Morgan fingerprint density at radius 3 is 2.24 bits per heavy atom. The van der Waals surface area contributed by atoms with Gasteiger partial charge >= 0.3 is 0 Å². The summed E-state index contributed by atoms with van der Waals surface area (Å²) in [6.45, 7) is 3.79. The minimum absolute atomic E-state index is 0.0662. The van der Waals surface area contributed by atoms with Crippen molar-refractivity contribution in [3.63, 3.8) is 0 Å². The lowest BCUT2D eigenvalue weighted by Crippen LogP contribution is -2.29. The molecule has 0 saturated carbocycles. The van der Waals surface area contributed by atoms with E-state index in [1.807, 2.05) is 77.3 Å². The van der Waals surface area contributed by atoms with E-state index < -0.39 is 16.7 Å². The Balaban J connectivity index is 0.000000786. The number of ether oxygens (including phenoxy) is 3. The summed E-state index contributed by atoms with van der Waals surface area (Å²) in [7, 11) is 1.62. The number of fused-ring (bicyclic) bond motifs is 1. The molecule has 0 bridgehead atoms. The number of nitrogens with zero attached hydrogens (tertiary/aromatic N) is 2. The first kappa shape index (κ1) is 27.4. The first-order valence-electron chi connectivity index (χ1n) is 11.6. The van der Waals surface area contributed by atoms with E-state index >= 15 is 0 Å². The van der Waals surface area contributed by atoms with Crippen LogP contribution in [0.4, 0.5) is 0 Å². The van der Waals surface area contributed by atoms with Gasteiger partial charge in [-0.2, -0.15) is 0 Å². The topological polar surface area (TPSA) is 99.4 Å². The molecule has 0 radical (unpaired) electrons. The molecule has 5 rings (SSSR count). The average molecular weight is 555 g/mol. The molecule has 2 aromatic carbocycles. The molecular formula is C28H27ClN2O6S. The van der Waals surface area contributed by atoms with Crippen LogP contribution >= 0.6 is 11.6 Å². The van der Waals surface area contributed by atoms with Crippen LogP contribution in [0.1, 0.15) is 30.7 Å². The van der Waals surface area contributed by atoms with Gasteiger partial charge in [0.1, 0.15) is 51.4 Å². The van der Waals surface area contributed by atoms with Crippen molar-refractivity contribution in [3.8, 4) is 11.5 Å². The minimum atomic E-state index is -1.61. The maximum atomic E-state index is 13.2. The highest BCUT2D eigenvalue weighted by Gasteiger charge is 2.42. The van der Waals surface area contributed by atoms with Crippen molar-refractivity contribution in [2.75, 3.05) is 13.4 Å². The number of hydrogen-bond donors (Lipinski definition) is 1. The molecule has 1 N–H and O–H groups in total. The number of rotatable bonds is 6. The Hall–Kier alpha value is -3.66. The number of imidazole rings is 1. The summed E-state index contributed by atoms with van der Waals surface area (Å²) < 4.78 is 35.7. The third kappa shape index (κ3) is 5.91. The number of Topliss-reactive ketones (excluding diaryl/α,β-unsaturated/α-hetero) is 1. The van der Waals surface area contributed by atoms with Crippen LogP contribution in [-0.4, -0.2) is 42.9 Å². The van der Waals surface area contributed by atoms with Crippen molar-refractivity contribution in [3.05, 3.63) is 94.9 Å². The zero-order valence-electron chi connectivity index (χ0n) is 21.3. The minimum Gasteiger partial charge on any atom is -0.497 e. The van der Waals surface area contributed by atoms with Gasteiger partial charge in [0.05, 0.1) is 12.7 Å². The van der Waals surface area contributed by atoms with Crippen LogP contribution in [0.15, 0.2) is 72.9 Å².